The Bertz CT molecular complexity index is 2210. The third-order valence-corrected chi connectivity index (χ3v) is 9.28. The van der Waals surface area contributed by atoms with Crippen LogP contribution < -0.4 is 11.2 Å². The van der Waals surface area contributed by atoms with Gasteiger partial charge in [0.1, 0.15) is 24.9 Å². The van der Waals surface area contributed by atoms with Gasteiger partial charge in [0.2, 0.25) is 0 Å². The highest BCUT2D eigenvalue weighted by Crippen LogP contribution is 2.42. The molecule has 0 radical (unpaired) electrons. The fraction of sp³-hybridized carbons (Fsp3) is 0.182. The second-order valence-electron chi connectivity index (χ2n) is 12.9. The summed E-state index contributed by atoms with van der Waals surface area (Å²) in [6.07, 6.45) is -6.49. The number of carbonyl (C=O) groups is 2. The molecule has 1 N–H and O–H groups in total. The Morgan fingerprint density at radius 2 is 1.02 bits per heavy atom. The second kappa shape index (κ2) is 17.6. The van der Waals surface area contributed by atoms with Crippen LogP contribution in [0, 0.1) is 0 Å². The first-order valence-corrected chi connectivity index (χ1v) is 17.9. The summed E-state index contributed by atoms with van der Waals surface area (Å²) in [5.41, 5.74) is 1.06. The van der Waals surface area contributed by atoms with E-state index in [0.717, 1.165) is 27.3 Å². The smallest absolute Gasteiger partial charge is 0.429 e. The van der Waals surface area contributed by atoms with Gasteiger partial charge in [-0.2, -0.15) is 0 Å². The van der Waals surface area contributed by atoms with E-state index in [0.29, 0.717) is 11.1 Å². The quantitative estimate of drug-likeness (QED) is 0.0978. The number of aromatic amines is 1. The topological polar surface area (TPSA) is 144 Å². The predicted octanol–water partition coefficient (Wildman–Crippen LogP) is 6.89. The van der Waals surface area contributed by atoms with Crippen LogP contribution in [-0.4, -0.2) is 46.8 Å². The second-order valence-corrected chi connectivity index (χ2v) is 12.9. The Morgan fingerprint density at radius 1 is 0.589 bits per heavy atom. The largest absolute Gasteiger partial charge is 0.509 e. The Hall–Kier alpha value is -6.76. The molecule has 1 aliphatic rings. The maximum atomic E-state index is 13.5. The van der Waals surface area contributed by atoms with E-state index in [4.69, 9.17) is 28.4 Å². The van der Waals surface area contributed by atoms with Crippen molar-refractivity contribution in [2.24, 2.45) is 0 Å². The van der Waals surface area contributed by atoms with Crippen molar-refractivity contribution in [3.63, 3.8) is 0 Å². The molecule has 0 saturated carbocycles. The van der Waals surface area contributed by atoms with Crippen molar-refractivity contribution in [1.29, 1.82) is 0 Å². The molecule has 6 aromatic rings. The lowest BCUT2D eigenvalue weighted by Crippen LogP contribution is -2.44. The summed E-state index contributed by atoms with van der Waals surface area (Å²) in [5.74, 6) is 0. The summed E-state index contributed by atoms with van der Waals surface area (Å²) in [7, 11) is 0. The number of hydrogen-bond donors (Lipinski definition) is 1. The van der Waals surface area contributed by atoms with Crippen LogP contribution in [0.1, 0.15) is 34.0 Å². The number of nitrogens with one attached hydrogen (secondary N) is 1. The summed E-state index contributed by atoms with van der Waals surface area (Å²) in [4.78, 5) is 54.3. The van der Waals surface area contributed by atoms with Crippen molar-refractivity contribution < 1.29 is 38.0 Å². The van der Waals surface area contributed by atoms with E-state index in [1.165, 1.54) is 6.20 Å². The molecule has 1 aliphatic heterocycles. The van der Waals surface area contributed by atoms with Gasteiger partial charge in [-0.3, -0.25) is 14.3 Å². The lowest BCUT2D eigenvalue weighted by atomic mass is 9.80. The van der Waals surface area contributed by atoms with E-state index in [9.17, 15) is 19.2 Å². The normalized spacial score (nSPS) is 17.8. The molecule has 2 heterocycles. The predicted molar refractivity (Wildman–Crippen MR) is 203 cm³/mol. The molecule has 5 aromatic carbocycles. The number of carbonyl (C=O) groups excluding carboxylic acids is 2. The summed E-state index contributed by atoms with van der Waals surface area (Å²) >= 11 is 0. The summed E-state index contributed by atoms with van der Waals surface area (Å²) < 4.78 is 37.3. The van der Waals surface area contributed by atoms with Crippen molar-refractivity contribution in [2.45, 2.75) is 43.4 Å². The van der Waals surface area contributed by atoms with Gasteiger partial charge in [-0.1, -0.05) is 152 Å². The van der Waals surface area contributed by atoms with E-state index in [2.05, 4.69) is 4.98 Å². The maximum Gasteiger partial charge on any atom is 0.509 e. The van der Waals surface area contributed by atoms with Crippen LogP contribution in [0.5, 0.6) is 0 Å². The fourth-order valence-electron chi connectivity index (χ4n) is 6.66. The molecular formula is C44H38N2O10. The molecule has 12 nitrogen and oxygen atoms in total. The molecule has 0 unspecified atom stereocenters. The van der Waals surface area contributed by atoms with Gasteiger partial charge in [0, 0.05) is 12.3 Å². The van der Waals surface area contributed by atoms with Gasteiger partial charge >= 0.3 is 18.0 Å². The first-order valence-electron chi connectivity index (χ1n) is 17.9. The fourth-order valence-corrected chi connectivity index (χ4v) is 6.66. The first-order chi connectivity index (χ1) is 27.4. The minimum Gasteiger partial charge on any atom is -0.429 e. The van der Waals surface area contributed by atoms with E-state index in [1.54, 1.807) is 48.5 Å². The number of ether oxygens (including phenoxy) is 6. The minimum atomic E-state index is -1.49. The first kappa shape index (κ1) is 37.6. The average Bonchev–Trinajstić information content (AvgIpc) is 3.56. The highest BCUT2D eigenvalue weighted by Gasteiger charge is 2.53. The third kappa shape index (κ3) is 8.62. The number of nitrogens with zero attached hydrogens (tertiary/aromatic N) is 1. The van der Waals surface area contributed by atoms with E-state index in [1.807, 2.05) is 103 Å². The van der Waals surface area contributed by atoms with Crippen molar-refractivity contribution in [1.82, 2.24) is 9.55 Å². The number of benzene rings is 5. The van der Waals surface area contributed by atoms with Crippen LogP contribution in [0.25, 0.3) is 0 Å². The van der Waals surface area contributed by atoms with Crippen LogP contribution in [0.3, 0.4) is 0 Å². The average molecular weight is 755 g/mol. The van der Waals surface area contributed by atoms with Crippen LogP contribution >= 0.6 is 0 Å². The third-order valence-electron chi connectivity index (χ3n) is 9.28. The van der Waals surface area contributed by atoms with E-state index in [-0.39, 0.29) is 19.8 Å². The van der Waals surface area contributed by atoms with Crippen molar-refractivity contribution in [3.8, 4) is 0 Å². The van der Waals surface area contributed by atoms with Gasteiger partial charge in [0.15, 0.2) is 18.4 Å². The standard InChI is InChI=1S/C44H38N2O10/c47-37-26-27-46(41(48)45-37)40-39(56-43(50)52-29-32-18-8-2-9-19-32)38(55-42(49)51-28-31-16-6-1-7-17-31)36(54-40)30-53-44(33-20-10-3-11-21-33,34-22-12-4-13-23-34)35-24-14-5-15-25-35/h1-27,36,38-40H,28-30H2,(H,45,47,48)/t36-,38-,39-,40-/m1/s1. The molecule has 1 saturated heterocycles. The lowest BCUT2D eigenvalue weighted by molar-refractivity contribution is -0.100. The van der Waals surface area contributed by atoms with Gasteiger partial charge in [0.25, 0.3) is 5.56 Å². The van der Waals surface area contributed by atoms with Crippen molar-refractivity contribution >= 4 is 12.3 Å². The molecule has 4 atom stereocenters. The van der Waals surface area contributed by atoms with Gasteiger partial charge in [-0.25, -0.2) is 14.4 Å². The number of rotatable bonds is 13. The highest BCUT2D eigenvalue weighted by atomic mass is 16.8. The zero-order chi connectivity index (χ0) is 38.7. The molecule has 0 spiro atoms. The van der Waals surface area contributed by atoms with Crippen LogP contribution in [0.2, 0.25) is 0 Å². The SMILES string of the molecule is O=C(OCc1ccccc1)O[C@@H]1[C@H](OC(=O)OCc2ccccc2)[C@@H](COC(c2ccccc2)(c2ccccc2)c2ccccc2)O[C@H]1n1ccc(=O)[nH]c1=O. The molecule has 0 aliphatic carbocycles. The van der Waals surface area contributed by atoms with Gasteiger partial charge in [-0.05, 0) is 27.8 Å². The monoisotopic (exact) mass is 754 g/mol. The van der Waals surface area contributed by atoms with Crippen LogP contribution in [0.4, 0.5) is 9.59 Å². The van der Waals surface area contributed by atoms with Crippen LogP contribution in [-0.2, 0) is 47.2 Å². The molecule has 56 heavy (non-hydrogen) atoms. The zero-order valence-electron chi connectivity index (χ0n) is 30.0. The Labute approximate surface area is 321 Å². The number of aromatic nitrogens is 2. The summed E-state index contributed by atoms with van der Waals surface area (Å²) in [5, 5.41) is 0. The van der Waals surface area contributed by atoms with Crippen molar-refractivity contribution in [3.05, 3.63) is 213 Å². The Morgan fingerprint density at radius 3 is 1.46 bits per heavy atom. The van der Waals surface area contributed by atoms with Gasteiger partial charge in [0.05, 0.1) is 6.61 Å². The van der Waals surface area contributed by atoms with Crippen molar-refractivity contribution in [2.75, 3.05) is 6.61 Å². The molecule has 0 bridgehead atoms. The Kier molecular flexibility index (Phi) is 11.8. The minimum absolute atomic E-state index is 0.110. The number of hydrogen-bond acceptors (Lipinski definition) is 10. The molecule has 284 valence electrons. The number of H-pyrrole nitrogens is 1. The highest BCUT2D eigenvalue weighted by molar-refractivity contribution is 5.62. The molecule has 7 rings (SSSR count). The summed E-state index contributed by atoms with van der Waals surface area (Å²) in [6, 6.07) is 47.9. The molecule has 0 amide bonds. The van der Waals surface area contributed by atoms with Gasteiger partial charge in [-0.15, -0.1) is 0 Å². The maximum absolute atomic E-state index is 13.5. The van der Waals surface area contributed by atoms with E-state index >= 15 is 0 Å². The molecule has 12 heteroatoms. The Balaban J connectivity index is 1.26. The molecule has 1 fully saturated rings. The van der Waals surface area contributed by atoms with Crippen LogP contribution in [0.15, 0.2) is 174 Å². The molecular weight excluding hydrogens is 716 g/mol. The van der Waals surface area contributed by atoms with Gasteiger partial charge < -0.3 is 28.4 Å². The lowest BCUT2D eigenvalue weighted by Gasteiger charge is -2.37. The summed E-state index contributed by atoms with van der Waals surface area (Å²) in [6.45, 7) is -0.495. The van der Waals surface area contributed by atoms with E-state index < -0.39 is 53.7 Å². The zero-order valence-corrected chi connectivity index (χ0v) is 30.0. The molecule has 1 aromatic heterocycles.